The molecule has 0 bridgehead atoms. The first-order valence-electron chi connectivity index (χ1n) is 7.87. The zero-order valence-electron chi connectivity index (χ0n) is 13.9. The molecule has 1 aromatic heterocycles. The van der Waals surface area contributed by atoms with Gasteiger partial charge in [0.05, 0.1) is 5.56 Å². The fourth-order valence-corrected chi connectivity index (χ4v) is 3.68. The van der Waals surface area contributed by atoms with Crippen LogP contribution in [0.3, 0.4) is 0 Å². The van der Waals surface area contributed by atoms with Crippen LogP contribution in [-0.4, -0.2) is 0 Å². The van der Waals surface area contributed by atoms with Crippen LogP contribution in [0.1, 0.15) is 29.2 Å². The molecular weight excluding hydrogens is 341 g/mol. The average Bonchev–Trinajstić information content (AvgIpc) is 3.02. The van der Waals surface area contributed by atoms with E-state index in [0.29, 0.717) is 5.56 Å². The number of hydrogen-bond acceptors (Lipinski definition) is 1. The van der Waals surface area contributed by atoms with Gasteiger partial charge < -0.3 is 0 Å². The lowest BCUT2D eigenvalue weighted by molar-refractivity contribution is -0.137. The van der Waals surface area contributed by atoms with E-state index in [9.17, 15) is 13.2 Å². The van der Waals surface area contributed by atoms with Crippen LogP contribution in [0, 0.1) is 6.92 Å². The standard InChI is InChI=1S/C21H17F3S/c1-3-19(20-13-25-12-14(20)2)16-9-7-15(8-10-16)17-5-4-6-18(11-17)21(22,23)24/h3-13H,1-2H3. The van der Waals surface area contributed by atoms with Gasteiger partial charge in [0.25, 0.3) is 0 Å². The predicted octanol–water partition coefficient (Wildman–Crippen LogP) is 7.19. The second-order valence-electron chi connectivity index (χ2n) is 5.83. The van der Waals surface area contributed by atoms with Crippen molar-refractivity contribution in [1.82, 2.24) is 0 Å². The highest BCUT2D eigenvalue weighted by molar-refractivity contribution is 7.08. The number of allylic oxidation sites excluding steroid dienone is 1. The van der Waals surface area contributed by atoms with E-state index >= 15 is 0 Å². The van der Waals surface area contributed by atoms with Gasteiger partial charge in [0.2, 0.25) is 0 Å². The maximum atomic E-state index is 12.9. The largest absolute Gasteiger partial charge is 0.416 e. The summed E-state index contributed by atoms with van der Waals surface area (Å²) in [6.07, 6.45) is -2.27. The second kappa shape index (κ2) is 6.89. The molecule has 0 aliphatic heterocycles. The lowest BCUT2D eigenvalue weighted by atomic mass is 9.95. The molecule has 0 amide bonds. The molecule has 0 unspecified atom stereocenters. The minimum absolute atomic E-state index is 0.565. The van der Waals surface area contributed by atoms with Crippen molar-refractivity contribution in [2.24, 2.45) is 0 Å². The summed E-state index contributed by atoms with van der Waals surface area (Å²) in [5, 5.41) is 4.22. The van der Waals surface area contributed by atoms with Gasteiger partial charge in [0, 0.05) is 0 Å². The number of halogens is 3. The summed E-state index contributed by atoms with van der Waals surface area (Å²) in [6, 6.07) is 13.1. The van der Waals surface area contributed by atoms with Gasteiger partial charge in [-0.05, 0) is 70.1 Å². The summed E-state index contributed by atoms with van der Waals surface area (Å²) in [6.45, 7) is 4.07. The lowest BCUT2D eigenvalue weighted by Crippen LogP contribution is -2.04. The van der Waals surface area contributed by atoms with Gasteiger partial charge in [-0.3, -0.25) is 0 Å². The predicted molar refractivity (Wildman–Crippen MR) is 98.7 cm³/mol. The third-order valence-electron chi connectivity index (χ3n) is 4.15. The maximum absolute atomic E-state index is 12.9. The third-order valence-corrected chi connectivity index (χ3v) is 5.01. The normalized spacial score (nSPS) is 12.4. The SMILES string of the molecule is CC=C(c1ccc(-c2cccc(C(F)(F)F)c2)cc1)c1cscc1C. The van der Waals surface area contributed by atoms with Crippen LogP contribution in [0.15, 0.2) is 65.4 Å². The molecule has 0 radical (unpaired) electrons. The molecule has 0 aliphatic rings. The molecule has 0 nitrogen and oxygen atoms in total. The summed E-state index contributed by atoms with van der Waals surface area (Å²) in [5.74, 6) is 0. The van der Waals surface area contributed by atoms with Crippen LogP contribution in [0.2, 0.25) is 0 Å². The molecule has 4 heteroatoms. The van der Waals surface area contributed by atoms with Gasteiger partial charge in [-0.25, -0.2) is 0 Å². The Morgan fingerprint density at radius 1 is 0.960 bits per heavy atom. The van der Waals surface area contributed by atoms with Crippen molar-refractivity contribution in [1.29, 1.82) is 0 Å². The minimum Gasteiger partial charge on any atom is -0.166 e. The highest BCUT2D eigenvalue weighted by Gasteiger charge is 2.30. The molecule has 0 saturated carbocycles. The average molecular weight is 358 g/mol. The fraction of sp³-hybridized carbons (Fsp3) is 0.143. The minimum atomic E-state index is -4.33. The van der Waals surface area contributed by atoms with E-state index in [0.717, 1.165) is 22.8 Å². The van der Waals surface area contributed by atoms with Crippen molar-refractivity contribution >= 4 is 16.9 Å². The summed E-state index contributed by atoms with van der Waals surface area (Å²) in [4.78, 5) is 0. The van der Waals surface area contributed by atoms with Crippen LogP contribution in [0.25, 0.3) is 16.7 Å². The molecule has 0 aliphatic carbocycles. The van der Waals surface area contributed by atoms with Crippen molar-refractivity contribution in [3.05, 3.63) is 87.6 Å². The smallest absolute Gasteiger partial charge is 0.166 e. The van der Waals surface area contributed by atoms with E-state index < -0.39 is 11.7 Å². The van der Waals surface area contributed by atoms with Crippen LogP contribution in [-0.2, 0) is 6.18 Å². The second-order valence-corrected chi connectivity index (χ2v) is 6.57. The Morgan fingerprint density at radius 3 is 2.24 bits per heavy atom. The molecule has 128 valence electrons. The Kier molecular flexibility index (Phi) is 4.82. The topological polar surface area (TPSA) is 0 Å². The number of thiophene rings is 1. The number of hydrogen-bond donors (Lipinski definition) is 0. The van der Waals surface area contributed by atoms with Crippen molar-refractivity contribution in [3.63, 3.8) is 0 Å². The van der Waals surface area contributed by atoms with Crippen molar-refractivity contribution < 1.29 is 13.2 Å². The van der Waals surface area contributed by atoms with Gasteiger partial charge in [0.15, 0.2) is 0 Å². The van der Waals surface area contributed by atoms with Crippen LogP contribution in [0.5, 0.6) is 0 Å². The molecule has 0 saturated heterocycles. The summed E-state index contributed by atoms with van der Waals surface area (Å²) in [5.41, 5.74) is 5.31. The van der Waals surface area contributed by atoms with E-state index in [2.05, 4.69) is 23.8 Å². The number of alkyl halides is 3. The fourth-order valence-electron chi connectivity index (χ4n) is 2.83. The molecule has 0 atom stereocenters. The monoisotopic (exact) mass is 358 g/mol. The zero-order chi connectivity index (χ0) is 18.0. The van der Waals surface area contributed by atoms with E-state index in [1.807, 2.05) is 31.2 Å². The van der Waals surface area contributed by atoms with Gasteiger partial charge in [0.1, 0.15) is 0 Å². The molecule has 0 spiro atoms. The van der Waals surface area contributed by atoms with Gasteiger partial charge in [-0.2, -0.15) is 24.5 Å². The number of benzene rings is 2. The number of aryl methyl sites for hydroxylation is 1. The summed E-state index contributed by atoms with van der Waals surface area (Å²) < 4.78 is 38.7. The molecule has 2 aromatic carbocycles. The Hall–Kier alpha value is -2.33. The van der Waals surface area contributed by atoms with Crippen LogP contribution in [0.4, 0.5) is 13.2 Å². The molecule has 3 rings (SSSR count). The van der Waals surface area contributed by atoms with Gasteiger partial charge in [-0.15, -0.1) is 0 Å². The number of rotatable bonds is 3. The molecule has 3 aromatic rings. The first kappa shape index (κ1) is 17.5. The van der Waals surface area contributed by atoms with E-state index in [1.54, 1.807) is 17.4 Å². The quantitative estimate of drug-likeness (QED) is 0.464. The van der Waals surface area contributed by atoms with Gasteiger partial charge in [-0.1, -0.05) is 42.5 Å². The van der Waals surface area contributed by atoms with Crippen LogP contribution >= 0.6 is 11.3 Å². The van der Waals surface area contributed by atoms with Crippen molar-refractivity contribution in [2.75, 3.05) is 0 Å². The van der Waals surface area contributed by atoms with E-state index in [4.69, 9.17) is 0 Å². The lowest BCUT2D eigenvalue weighted by Gasteiger charge is -2.11. The van der Waals surface area contributed by atoms with E-state index in [-0.39, 0.29) is 0 Å². The molecular formula is C21H17F3S. The van der Waals surface area contributed by atoms with Crippen molar-refractivity contribution in [2.45, 2.75) is 20.0 Å². The van der Waals surface area contributed by atoms with Crippen molar-refractivity contribution in [3.8, 4) is 11.1 Å². The Morgan fingerprint density at radius 2 is 1.68 bits per heavy atom. The van der Waals surface area contributed by atoms with Gasteiger partial charge >= 0.3 is 6.18 Å². The summed E-state index contributed by atoms with van der Waals surface area (Å²) in [7, 11) is 0. The first-order valence-corrected chi connectivity index (χ1v) is 8.82. The maximum Gasteiger partial charge on any atom is 0.416 e. The Bertz CT molecular complexity index is 899. The Balaban J connectivity index is 1.94. The summed E-state index contributed by atoms with van der Waals surface area (Å²) >= 11 is 1.66. The third kappa shape index (κ3) is 3.69. The molecule has 0 fully saturated rings. The Labute approximate surface area is 149 Å². The molecule has 0 N–H and O–H groups in total. The molecule has 1 heterocycles. The first-order chi connectivity index (χ1) is 11.9. The van der Waals surface area contributed by atoms with E-state index in [1.165, 1.54) is 23.3 Å². The highest BCUT2D eigenvalue weighted by atomic mass is 32.1. The molecule has 25 heavy (non-hydrogen) atoms. The van der Waals surface area contributed by atoms with Crippen LogP contribution < -0.4 is 0 Å². The highest BCUT2D eigenvalue weighted by Crippen LogP contribution is 2.33. The zero-order valence-corrected chi connectivity index (χ0v) is 14.7.